The molecule has 0 aliphatic heterocycles. The highest BCUT2D eigenvalue weighted by Gasteiger charge is 2.20. The first-order valence-electron chi connectivity index (χ1n) is 4.65. The van der Waals surface area contributed by atoms with Crippen LogP contribution in [0.15, 0.2) is 28.7 Å². The Bertz CT molecular complexity index is 502. The number of hydrogen-bond acceptors (Lipinski definition) is 3. The maximum absolute atomic E-state index is 5.61. The maximum atomic E-state index is 5.61. The van der Waals surface area contributed by atoms with Crippen molar-refractivity contribution in [2.75, 3.05) is 5.73 Å². The van der Waals surface area contributed by atoms with Crippen molar-refractivity contribution >= 4 is 21.7 Å². The van der Waals surface area contributed by atoms with Crippen molar-refractivity contribution in [3.05, 3.63) is 39.9 Å². The summed E-state index contributed by atoms with van der Waals surface area (Å²) >= 11 is 3.46. The molecule has 1 aromatic carbocycles. The quantitative estimate of drug-likeness (QED) is 0.676. The molecule has 2 aromatic rings. The Hall–Kier alpha value is -1.42. The smallest absolute Gasteiger partial charge is 0.146 e. The molecule has 0 saturated heterocycles. The minimum atomic E-state index is 0.487. The average molecular weight is 262 g/mol. The number of nitrogens with two attached hydrogens (primary N) is 1. The fraction of sp³-hybridized carbons (Fsp3) is 0.0909. The van der Waals surface area contributed by atoms with Crippen molar-refractivity contribution in [3.63, 3.8) is 0 Å². The summed E-state index contributed by atoms with van der Waals surface area (Å²) in [5, 5.41) is 8.03. The van der Waals surface area contributed by atoms with E-state index in [1.807, 2.05) is 12.1 Å². The molecule has 1 aromatic heterocycles. The van der Waals surface area contributed by atoms with Gasteiger partial charge in [-0.1, -0.05) is 22.0 Å². The zero-order valence-electron chi connectivity index (χ0n) is 7.87. The predicted molar refractivity (Wildman–Crippen MR) is 62.4 cm³/mol. The molecule has 0 fully saturated rings. The number of fused-ring (bicyclic) bond motifs is 3. The third kappa shape index (κ3) is 1.33. The number of hydrogen-bond donors (Lipinski definition) is 1. The molecule has 0 unspecified atom stereocenters. The van der Waals surface area contributed by atoms with Crippen molar-refractivity contribution in [3.8, 4) is 11.3 Å². The van der Waals surface area contributed by atoms with Gasteiger partial charge in [-0.15, -0.1) is 10.2 Å². The number of benzene rings is 1. The molecule has 1 aliphatic rings. The minimum Gasteiger partial charge on any atom is -0.382 e. The van der Waals surface area contributed by atoms with Crippen LogP contribution in [0.4, 0.5) is 5.82 Å². The van der Waals surface area contributed by atoms with E-state index in [1.54, 1.807) is 0 Å². The van der Waals surface area contributed by atoms with Crippen LogP contribution < -0.4 is 5.73 Å². The first kappa shape index (κ1) is 8.85. The van der Waals surface area contributed by atoms with Crippen molar-refractivity contribution < 1.29 is 0 Å². The van der Waals surface area contributed by atoms with E-state index in [9.17, 15) is 0 Å². The van der Waals surface area contributed by atoms with Gasteiger partial charge in [0.1, 0.15) is 5.82 Å². The lowest BCUT2D eigenvalue weighted by Crippen LogP contribution is -1.95. The lowest BCUT2D eigenvalue weighted by Gasteiger charge is -1.99. The van der Waals surface area contributed by atoms with Gasteiger partial charge in [0.05, 0.1) is 5.69 Å². The highest BCUT2D eigenvalue weighted by atomic mass is 79.9. The van der Waals surface area contributed by atoms with Gasteiger partial charge >= 0.3 is 0 Å². The summed E-state index contributed by atoms with van der Waals surface area (Å²) in [4.78, 5) is 0. The molecule has 15 heavy (non-hydrogen) atoms. The summed E-state index contributed by atoms with van der Waals surface area (Å²) in [6.45, 7) is 0. The summed E-state index contributed by atoms with van der Waals surface area (Å²) in [6.07, 6.45) is 0.893. The SMILES string of the molecule is Nc1cc2c(nn1)-c1ccc(Br)cc1C2. The Balaban J connectivity index is 2.24. The summed E-state index contributed by atoms with van der Waals surface area (Å²) in [6, 6.07) is 8.10. The third-order valence-corrected chi connectivity index (χ3v) is 3.09. The van der Waals surface area contributed by atoms with E-state index < -0.39 is 0 Å². The Morgan fingerprint density at radius 3 is 2.87 bits per heavy atom. The first-order chi connectivity index (χ1) is 7.24. The Labute approximate surface area is 95.5 Å². The number of nitrogen functional groups attached to an aromatic ring is 1. The van der Waals surface area contributed by atoms with Gasteiger partial charge in [-0.05, 0) is 29.3 Å². The minimum absolute atomic E-state index is 0.487. The monoisotopic (exact) mass is 261 g/mol. The van der Waals surface area contributed by atoms with E-state index in [0.717, 1.165) is 22.2 Å². The summed E-state index contributed by atoms with van der Waals surface area (Å²) in [5.41, 5.74) is 10.2. The summed E-state index contributed by atoms with van der Waals surface area (Å²) in [5.74, 6) is 0.487. The molecule has 3 nitrogen and oxygen atoms in total. The topological polar surface area (TPSA) is 51.8 Å². The van der Waals surface area contributed by atoms with Gasteiger partial charge < -0.3 is 5.73 Å². The van der Waals surface area contributed by atoms with Gasteiger partial charge in [-0.3, -0.25) is 0 Å². The second kappa shape index (κ2) is 3.03. The fourth-order valence-corrected chi connectivity index (χ4v) is 2.36. The van der Waals surface area contributed by atoms with Crippen LogP contribution in [0.1, 0.15) is 11.1 Å². The molecule has 0 saturated carbocycles. The molecule has 0 amide bonds. The van der Waals surface area contributed by atoms with Crippen LogP contribution in [0.25, 0.3) is 11.3 Å². The molecule has 2 N–H and O–H groups in total. The Morgan fingerprint density at radius 2 is 2.00 bits per heavy atom. The van der Waals surface area contributed by atoms with Gasteiger partial charge in [0.25, 0.3) is 0 Å². The number of halogens is 1. The van der Waals surface area contributed by atoms with Gasteiger partial charge in [0.2, 0.25) is 0 Å². The molecule has 1 aliphatic carbocycles. The van der Waals surface area contributed by atoms with E-state index in [4.69, 9.17) is 5.73 Å². The van der Waals surface area contributed by atoms with Crippen LogP contribution in [-0.2, 0) is 6.42 Å². The molecular weight excluding hydrogens is 254 g/mol. The normalized spacial score (nSPS) is 12.3. The number of anilines is 1. The lowest BCUT2D eigenvalue weighted by molar-refractivity contribution is 1.04. The van der Waals surface area contributed by atoms with Crippen molar-refractivity contribution in [1.29, 1.82) is 0 Å². The number of aromatic nitrogens is 2. The van der Waals surface area contributed by atoms with E-state index >= 15 is 0 Å². The standard InChI is InChI=1S/C11H8BrN3/c12-8-1-2-9-6(4-8)3-7-5-10(13)14-15-11(7)9/h1-2,4-5H,3H2,(H2,13,14). The van der Waals surface area contributed by atoms with Gasteiger partial charge in [0.15, 0.2) is 0 Å². The molecule has 1 heterocycles. The molecular formula is C11H8BrN3. The first-order valence-corrected chi connectivity index (χ1v) is 5.44. The summed E-state index contributed by atoms with van der Waals surface area (Å²) < 4.78 is 1.09. The fourth-order valence-electron chi connectivity index (χ4n) is 1.95. The highest BCUT2D eigenvalue weighted by Crippen LogP contribution is 2.36. The van der Waals surface area contributed by atoms with E-state index in [0.29, 0.717) is 5.82 Å². The van der Waals surface area contributed by atoms with Crippen LogP contribution in [-0.4, -0.2) is 10.2 Å². The second-order valence-corrected chi connectivity index (χ2v) is 4.54. The Kier molecular flexibility index (Phi) is 1.79. The van der Waals surface area contributed by atoms with E-state index in [1.165, 1.54) is 11.1 Å². The van der Waals surface area contributed by atoms with Crippen LogP contribution in [0, 0.1) is 0 Å². The summed E-state index contributed by atoms with van der Waals surface area (Å²) in [7, 11) is 0. The van der Waals surface area contributed by atoms with E-state index in [2.05, 4.69) is 38.3 Å². The van der Waals surface area contributed by atoms with Crippen LogP contribution in [0.5, 0.6) is 0 Å². The van der Waals surface area contributed by atoms with Gasteiger partial charge in [0, 0.05) is 16.5 Å². The van der Waals surface area contributed by atoms with Gasteiger partial charge in [-0.2, -0.15) is 0 Å². The largest absolute Gasteiger partial charge is 0.382 e. The second-order valence-electron chi connectivity index (χ2n) is 3.62. The third-order valence-electron chi connectivity index (χ3n) is 2.60. The maximum Gasteiger partial charge on any atom is 0.146 e. The number of rotatable bonds is 0. The highest BCUT2D eigenvalue weighted by molar-refractivity contribution is 9.10. The van der Waals surface area contributed by atoms with Crippen molar-refractivity contribution in [1.82, 2.24) is 10.2 Å². The molecule has 74 valence electrons. The number of nitrogens with zero attached hydrogens (tertiary/aromatic N) is 2. The van der Waals surface area contributed by atoms with Crippen molar-refractivity contribution in [2.45, 2.75) is 6.42 Å². The lowest BCUT2D eigenvalue weighted by atomic mass is 10.1. The molecule has 0 bridgehead atoms. The zero-order valence-corrected chi connectivity index (χ0v) is 9.45. The van der Waals surface area contributed by atoms with E-state index in [-0.39, 0.29) is 0 Å². The van der Waals surface area contributed by atoms with Gasteiger partial charge in [-0.25, -0.2) is 0 Å². The predicted octanol–water partition coefficient (Wildman–Crippen LogP) is 2.39. The Morgan fingerprint density at radius 1 is 1.13 bits per heavy atom. The molecule has 0 radical (unpaired) electrons. The van der Waals surface area contributed by atoms with Crippen LogP contribution in [0.2, 0.25) is 0 Å². The molecule has 4 heteroatoms. The van der Waals surface area contributed by atoms with Crippen LogP contribution in [0.3, 0.4) is 0 Å². The van der Waals surface area contributed by atoms with Crippen molar-refractivity contribution in [2.24, 2.45) is 0 Å². The average Bonchev–Trinajstić information content (AvgIpc) is 2.53. The zero-order chi connectivity index (χ0) is 10.4. The molecule has 3 rings (SSSR count). The molecule has 0 spiro atoms. The van der Waals surface area contributed by atoms with Crippen LogP contribution >= 0.6 is 15.9 Å². The molecule has 0 atom stereocenters.